The van der Waals surface area contributed by atoms with Crippen molar-refractivity contribution in [3.05, 3.63) is 53.3 Å². The second-order valence-electron chi connectivity index (χ2n) is 4.15. The second kappa shape index (κ2) is 4.94. The summed E-state index contributed by atoms with van der Waals surface area (Å²) in [4.78, 5) is 4.16. The molecule has 0 radical (unpaired) electrons. The minimum absolute atomic E-state index is 0.102. The van der Waals surface area contributed by atoms with Gasteiger partial charge in [-0.05, 0) is 30.3 Å². The highest BCUT2D eigenvalue weighted by Crippen LogP contribution is 2.30. The Hall–Kier alpha value is -2.40. The van der Waals surface area contributed by atoms with Crippen LogP contribution in [0.5, 0.6) is 0 Å². The number of aromatic nitrogens is 2. The number of nitrogens with two attached hydrogens (primary N) is 1. The summed E-state index contributed by atoms with van der Waals surface area (Å²) in [6, 6.07) is 11.4. The van der Waals surface area contributed by atoms with Gasteiger partial charge in [-0.1, -0.05) is 28.9 Å². The van der Waals surface area contributed by atoms with Gasteiger partial charge in [-0.15, -0.1) is 0 Å². The molecule has 0 fully saturated rings. The predicted octanol–water partition coefficient (Wildman–Crippen LogP) is 3.78. The average Bonchev–Trinajstić information content (AvgIpc) is 2.88. The zero-order valence-corrected chi connectivity index (χ0v) is 10.9. The molecule has 0 amide bonds. The standard InChI is InChI=1S/C14H9ClFN3O/c15-10-5-2-6-11(16)12(10)13-18-14(20-19-13)8-3-1-4-9(17)7-8/h1-7H,17H2. The maximum atomic E-state index is 13.8. The summed E-state index contributed by atoms with van der Waals surface area (Å²) in [6.45, 7) is 0. The molecule has 0 spiro atoms. The Labute approximate surface area is 119 Å². The van der Waals surface area contributed by atoms with Crippen LogP contribution in [0.2, 0.25) is 5.02 Å². The van der Waals surface area contributed by atoms with E-state index in [2.05, 4.69) is 10.1 Å². The van der Waals surface area contributed by atoms with Gasteiger partial charge in [0.05, 0.1) is 10.6 Å². The largest absolute Gasteiger partial charge is 0.399 e. The van der Waals surface area contributed by atoms with Gasteiger partial charge in [0.15, 0.2) is 0 Å². The number of halogens is 2. The summed E-state index contributed by atoms with van der Waals surface area (Å²) >= 11 is 5.96. The minimum Gasteiger partial charge on any atom is -0.399 e. The monoisotopic (exact) mass is 289 g/mol. The number of benzene rings is 2. The number of nitrogen functional groups attached to an aromatic ring is 1. The average molecular weight is 290 g/mol. The first-order valence-electron chi connectivity index (χ1n) is 5.79. The third-order valence-electron chi connectivity index (χ3n) is 2.75. The maximum Gasteiger partial charge on any atom is 0.258 e. The lowest BCUT2D eigenvalue weighted by Gasteiger charge is -1.99. The molecule has 0 aliphatic carbocycles. The fraction of sp³-hybridized carbons (Fsp3) is 0. The lowest BCUT2D eigenvalue weighted by molar-refractivity contribution is 0.432. The molecule has 2 aromatic carbocycles. The highest BCUT2D eigenvalue weighted by atomic mass is 35.5. The topological polar surface area (TPSA) is 64.9 Å². The molecule has 3 rings (SSSR count). The van der Waals surface area contributed by atoms with Gasteiger partial charge in [0.1, 0.15) is 5.82 Å². The van der Waals surface area contributed by atoms with Crippen LogP contribution in [0, 0.1) is 5.82 Å². The first-order valence-corrected chi connectivity index (χ1v) is 6.17. The molecule has 0 aliphatic rings. The van der Waals surface area contributed by atoms with Crippen LogP contribution in [-0.2, 0) is 0 Å². The van der Waals surface area contributed by atoms with Crippen molar-refractivity contribution >= 4 is 17.3 Å². The SMILES string of the molecule is Nc1cccc(-c2nc(-c3c(F)cccc3Cl)no2)c1. The summed E-state index contributed by atoms with van der Waals surface area (Å²) in [5.41, 5.74) is 7.05. The molecule has 20 heavy (non-hydrogen) atoms. The van der Waals surface area contributed by atoms with Crippen LogP contribution in [0.3, 0.4) is 0 Å². The summed E-state index contributed by atoms with van der Waals surface area (Å²) < 4.78 is 18.9. The highest BCUT2D eigenvalue weighted by Gasteiger charge is 2.17. The number of rotatable bonds is 2. The van der Waals surface area contributed by atoms with Crippen molar-refractivity contribution in [3.63, 3.8) is 0 Å². The van der Waals surface area contributed by atoms with Gasteiger partial charge in [-0.2, -0.15) is 4.98 Å². The smallest absolute Gasteiger partial charge is 0.258 e. The first kappa shape index (κ1) is 12.6. The molecule has 2 N–H and O–H groups in total. The molecule has 0 bridgehead atoms. The van der Waals surface area contributed by atoms with E-state index in [1.807, 2.05) is 0 Å². The fourth-order valence-electron chi connectivity index (χ4n) is 1.83. The third kappa shape index (κ3) is 2.23. The van der Waals surface area contributed by atoms with Gasteiger partial charge in [-0.3, -0.25) is 0 Å². The molecule has 0 saturated carbocycles. The van der Waals surface area contributed by atoms with Crippen LogP contribution in [0.4, 0.5) is 10.1 Å². The van der Waals surface area contributed by atoms with Crippen LogP contribution in [0.1, 0.15) is 0 Å². The Kier molecular flexibility index (Phi) is 3.12. The highest BCUT2D eigenvalue weighted by molar-refractivity contribution is 6.33. The molecule has 0 aliphatic heterocycles. The van der Waals surface area contributed by atoms with Crippen LogP contribution in [0.25, 0.3) is 22.8 Å². The van der Waals surface area contributed by atoms with Gasteiger partial charge >= 0.3 is 0 Å². The first-order chi connectivity index (χ1) is 9.65. The lowest BCUT2D eigenvalue weighted by Crippen LogP contribution is -1.88. The Balaban J connectivity index is 2.07. The van der Waals surface area contributed by atoms with Crippen molar-refractivity contribution in [2.75, 3.05) is 5.73 Å². The van der Waals surface area contributed by atoms with Gasteiger partial charge in [-0.25, -0.2) is 4.39 Å². The molecule has 4 nitrogen and oxygen atoms in total. The van der Waals surface area contributed by atoms with E-state index < -0.39 is 5.82 Å². The van der Waals surface area contributed by atoms with Gasteiger partial charge in [0, 0.05) is 11.3 Å². The van der Waals surface area contributed by atoms with E-state index in [9.17, 15) is 4.39 Å². The van der Waals surface area contributed by atoms with Crippen molar-refractivity contribution in [2.45, 2.75) is 0 Å². The van der Waals surface area contributed by atoms with Crippen molar-refractivity contribution in [1.82, 2.24) is 10.1 Å². The predicted molar refractivity (Wildman–Crippen MR) is 74.6 cm³/mol. The Bertz CT molecular complexity index is 752. The zero-order valence-electron chi connectivity index (χ0n) is 10.2. The van der Waals surface area contributed by atoms with Crippen LogP contribution in [-0.4, -0.2) is 10.1 Å². The molecule has 3 aromatic rings. The lowest BCUT2D eigenvalue weighted by atomic mass is 10.2. The molecule has 1 heterocycles. The van der Waals surface area contributed by atoms with E-state index >= 15 is 0 Å². The van der Waals surface area contributed by atoms with E-state index in [4.69, 9.17) is 21.9 Å². The van der Waals surface area contributed by atoms with E-state index in [-0.39, 0.29) is 22.3 Å². The summed E-state index contributed by atoms with van der Waals surface area (Å²) in [7, 11) is 0. The molecule has 6 heteroatoms. The summed E-state index contributed by atoms with van der Waals surface area (Å²) in [5.74, 6) is -0.144. The summed E-state index contributed by atoms with van der Waals surface area (Å²) in [6.07, 6.45) is 0. The maximum absolute atomic E-state index is 13.8. The van der Waals surface area contributed by atoms with E-state index in [0.29, 0.717) is 11.3 Å². The number of hydrogen-bond donors (Lipinski definition) is 1. The molecular weight excluding hydrogens is 281 g/mol. The molecule has 0 saturated heterocycles. The normalized spacial score (nSPS) is 10.7. The molecule has 1 aromatic heterocycles. The van der Waals surface area contributed by atoms with Crippen molar-refractivity contribution in [2.24, 2.45) is 0 Å². The second-order valence-corrected chi connectivity index (χ2v) is 4.55. The fourth-order valence-corrected chi connectivity index (χ4v) is 2.07. The van der Waals surface area contributed by atoms with Gasteiger partial charge in [0.25, 0.3) is 5.89 Å². The molecule has 0 atom stereocenters. The number of hydrogen-bond acceptors (Lipinski definition) is 4. The Morgan fingerprint density at radius 2 is 1.95 bits per heavy atom. The van der Waals surface area contributed by atoms with E-state index in [1.165, 1.54) is 12.1 Å². The van der Waals surface area contributed by atoms with Gasteiger partial charge in [0.2, 0.25) is 5.82 Å². The zero-order chi connectivity index (χ0) is 14.1. The Morgan fingerprint density at radius 1 is 1.15 bits per heavy atom. The third-order valence-corrected chi connectivity index (χ3v) is 3.06. The van der Waals surface area contributed by atoms with Crippen molar-refractivity contribution < 1.29 is 8.91 Å². The summed E-state index contributed by atoms with van der Waals surface area (Å²) in [5, 5.41) is 3.99. The van der Waals surface area contributed by atoms with Crippen molar-refractivity contribution in [1.29, 1.82) is 0 Å². The van der Waals surface area contributed by atoms with Gasteiger partial charge < -0.3 is 10.3 Å². The van der Waals surface area contributed by atoms with E-state index in [1.54, 1.807) is 30.3 Å². The molecular formula is C14H9ClFN3O. The van der Waals surface area contributed by atoms with Crippen molar-refractivity contribution in [3.8, 4) is 22.8 Å². The number of nitrogens with zero attached hydrogens (tertiary/aromatic N) is 2. The minimum atomic E-state index is -0.502. The Morgan fingerprint density at radius 3 is 2.70 bits per heavy atom. The van der Waals surface area contributed by atoms with Crippen LogP contribution >= 0.6 is 11.6 Å². The number of anilines is 1. The van der Waals surface area contributed by atoms with E-state index in [0.717, 1.165) is 0 Å². The molecule has 100 valence electrons. The van der Waals surface area contributed by atoms with Crippen LogP contribution in [0.15, 0.2) is 47.0 Å². The molecule has 0 unspecified atom stereocenters. The quantitative estimate of drug-likeness (QED) is 0.729. The van der Waals surface area contributed by atoms with Crippen LogP contribution < -0.4 is 5.73 Å².